The zero-order valence-corrected chi connectivity index (χ0v) is 14.2. The highest BCUT2D eigenvalue weighted by Gasteiger charge is 2.12. The molecule has 0 fully saturated rings. The molecule has 1 aromatic heterocycles. The van der Waals surface area contributed by atoms with E-state index in [9.17, 15) is 18.8 Å². The maximum atomic E-state index is 13.7. The first-order chi connectivity index (χ1) is 12.9. The Balaban J connectivity index is 1.94. The predicted octanol–water partition coefficient (Wildman–Crippen LogP) is 3.30. The molecular weight excluding hydrogens is 351 g/mol. The molecule has 0 aliphatic carbocycles. The number of nitrogens with one attached hydrogen (secondary N) is 2. The van der Waals surface area contributed by atoms with Crippen LogP contribution in [0.2, 0.25) is 0 Å². The van der Waals surface area contributed by atoms with Gasteiger partial charge in [0.2, 0.25) is 0 Å². The molecule has 0 unspecified atom stereocenters. The summed E-state index contributed by atoms with van der Waals surface area (Å²) >= 11 is 0. The van der Waals surface area contributed by atoms with Crippen molar-refractivity contribution in [3.8, 4) is 0 Å². The predicted molar refractivity (Wildman–Crippen MR) is 101 cm³/mol. The van der Waals surface area contributed by atoms with Crippen LogP contribution in [0, 0.1) is 5.82 Å². The number of benzene rings is 2. The molecule has 0 saturated carbocycles. The van der Waals surface area contributed by atoms with Crippen molar-refractivity contribution in [2.75, 3.05) is 12.4 Å². The molecule has 0 saturated heterocycles. The van der Waals surface area contributed by atoms with E-state index < -0.39 is 23.1 Å². The van der Waals surface area contributed by atoms with E-state index in [-0.39, 0.29) is 11.1 Å². The molecule has 0 aliphatic heterocycles. The molecule has 0 amide bonds. The van der Waals surface area contributed by atoms with Gasteiger partial charge in [0.25, 0.3) is 5.56 Å². The number of halogens is 1. The molecule has 0 aliphatic rings. The van der Waals surface area contributed by atoms with Crippen molar-refractivity contribution in [3.63, 3.8) is 0 Å². The number of H-pyrrole nitrogens is 1. The van der Waals surface area contributed by atoms with Gasteiger partial charge >= 0.3 is 5.97 Å². The summed E-state index contributed by atoms with van der Waals surface area (Å²) in [4.78, 5) is 38.1. The highest BCUT2D eigenvalue weighted by molar-refractivity contribution is 6.08. The van der Waals surface area contributed by atoms with E-state index in [4.69, 9.17) is 5.11 Å². The van der Waals surface area contributed by atoms with Crippen LogP contribution in [0.4, 0.5) is 10.1 Å². The summed E-state index contributed by atoms with van der Waals surface area (Å²) in [6.45, 7) is 0. The number of aromatic carboxylic acids is 1. The van der Waals surface area contributed by atoms with E-state index >= 15 is 0 Å². The Hall–Kier alpha value is -3.74. The molecule has 0 spiro atoms. The highest BCUT2D eigenvalue weighted by Crippen LogP contribution is 2.22. The third-order valence-corrected chi connectivity index (χ3v) is 4.04. The van der Waals surface area contributed by atoms with E-state index in [1.807, 2.05) is 0 Å². The molecule has 0 radical (unpaired) electrons. The lowest BCUT2D eigenvalue weighted by atomic mass is 10.1. The Morgan fingerprint density at radius 1 is 1.15 bits per heavy atom. The lowest BCUT2D eigenvalue weighted by Crippen LogP contribution is -2.16. The van der Waals surface area contributed by atoms with Crippen molar-refractivity contribution in [1.82, 2.24) is 4.98 Å². The quantitative estimate of drug-likeness (QED) is 0.475. The average Bonchev–Trinajstić information content (AvgIpc) is 2.65. The topological polar surface area (TPSA) is 99.3 Å². The van der Waals surface area contributed by atoms with Gasteiger partial charge in [0, 0.05) is 12.4 Å². The molecule has 27 heavy (non-hydrogen) atoms. The van der Waals surface area contributed by atoms with Crippen LogP contribution in [0.1, 0.15) is 26.3 Å². The second-order valence-electron chi connectivity index (χ2n) is 5.80. The van der Waals surface area contributed by atoms with Gasteiger partial charge in [-0.1, -0.05) is 18.2 Å². The maximum absolute atomic E-state index is 13.7. The summed E-state index contributed by atoms with van der Waals surface area (Å²) in [5.74, 6) is -2.08. The third kappa shape index (κ3) is 3.77. The second-order valence-corrected chi connectivity index (χ2v) is 5.80. The first-order valence-electron chi connectivity index (χ1n) is 7.99. The number of carbonyl (C=O) groups is 2. The smallest absolute Gasteiger partial charge is 0.335 e. The van der Waals surface area contributed by atoms with E-state index in [1.165, 1.54) is 42.5 Å². The number of aromatic nitrogens is 1. The number of carbonyl (C=O) groups excluding carboxylic acids is 1. The minimum absolute atomic E-state index is 0.117. The number of pyridine rings is 1. The van der Waals surface area contributed by atoms with Crippen LogP contribution in [-0.4, -0.2) is 28.9 Å². The highest BCUT2D eigenvalue weighted by atomic mass is 19.1. The zero-order valence-electron chi connectivity index (χ0n) is 14.2. The van der Waals surface area contributed by atoms with Crippen LogP contribution in [0.25, 0.3) is 17.0 Å². The van der Waals surface area contributed by atoms with E-state index in [0.717, 1.165) is 0 Å². The van der Waals surface area contributed by atoms with Crippen LogP contribution < -0.4 is 10.9 Å². The Morgan fingerprint density at radius 2 is 1.85 bits per heavy atom. The largest absolute Gasteiger partial charge is 0.478 e. The molecular formula is C20H15FN2O4. The van der Waals surface area contributed by atoms with Crippen LogP contribution >= 0.6 is 0 Å². The zero-order chi connectivity index (χ0) is 19.6. The van der Waals surface area contributed by atoms with Gasteiger partial charge in [-0.15, -0.1) is 0 Å². The standard InChI is InChI=1S/C20H15FN2O4/c1-22-16-10-14(21)8-13-9-15(19(25)23-18(13)16)17(24)7-4-11-2-5-12(6-3-11)20(26)27/h2-10,22H,1H3,(H,23,25)(H,26,27). The van der Waals surface area contributed by atoms with Crippen LogP contribution in [0.15, 0.2) is 53.3 Å². The fraction of sp³-hybridized carbons (Fsp3) is 0.0500. The normalized spacial score (nSPS) is 11.0. The fourth-order valence-electron chi connectivity index (χ4n) is 2.66. The number of allylic oxidation sites excluding steroid dienone is 1. The van der Waals surface area contributed by atoms with Gasteiger partial charge in [-0.05, 0) is 42.0 Å². The van der Waals surface area contributed by atoms with Gasteiger partial charge in [0.15, 0.2) is 5.78 Å². The summed E-state index contributed by atoms with van der Waals surface area (Å²) in [6.07, 6.45) is 2.69. The minimum atomic E-state index is -1.04. The molecule has 3 N–H and O–H groups in total. The number of carboxylic acids is 1. The van der Waals surface area contributed by atoms with Crippen LogP contribution in [0.3, 0.4) is 0 Å². The molecule has 7 heteroatoms. The molecule has 3 rings (SSSR count). The summed E-state index contributed by atoms with van der Waals surface area (Å²) in [7, 11) is 1.60. The monoisotopic (exact) mass is 366 g/mol. The van der Waals surface area contributed by atoms with Crippen molar-refractivity contribution in [2.24, 2.45) is 0 Å². The molecule has 0 atom stereocenters. The lowest BCUT2D eigenvalue weighted by Gasteiger charge is -2.07. The van der Waals surface area contributed by atoms with Gasteiger partial charge in [-0.25, -0.2) is 9.18 Å². The van der Waals surface area contributed by atoms with Crippen molar-refractivity contribution >= 4 is 34.4 Å². The van der Waals surface area contributed by atoms with Crippen LogP contribution in [0.5, 0.6) is 0 Å². The van der Waals surface area contributed by atoms with Crippen molar-refractivity contribution in [2.45, 2.75) is 0 Å². The van der Waals surface area contributed by atoms with Gasteiger partial charge < -0.3 is 15.4 Å². The van der Waals surface area contributed by atoms with Gasteiger partial charge in [0.1, 0.15) is 5.82 Å². The van der Waals surface area contributed by atoms with Gasteiger partial charge in [0.05, 0.1) is 22.3 Å². The van der Waals surface area contributed by atoms with Gasteiger partial charge in [-0.3, -0.25) is 9.59 Å². The third-order valence-electron chi connectivity index (χ3n) is 4.04. The van der Waals surface area contributed by atoms with Crippen molar-refractivity contribution in [1.29, 1.82) is 0 Å². The number of rotatable bonds is 5. The minimum Gasteiger partial charge on any atom is -0.478 e. The Labute approximate surface area is 153 Å². The SMILES string of the molecule is CNc1cc(F)cc2cc(C(=O)C=Cc3ccc(C(=O)O)cc3)c(=O)[nH]c12. The summed E-state index contributed by atoms with van der Waals surface area (Å²) < 4.78 is 13.7. The van der Waals surface area contributed by atoms with Crippen molar-refractivity contribution in [3.05, 3.63) is 81.4 Å². The number of ketones is 1. The number of aromatic amines is 1. The second kappa shape index (κ2) is 7.25. The molecule has 0 bridgehead atoms. The number of fused-ring (bicyclic) bond motifs is 1. The Morgan fingerprint density at radius 3 is 2.48 bits per heavy atom. The maximum Gasteiger partial charge on any atom is 0.335 e. The summed E-state index contributed by atoms with van der Waals surface area (Å²) in [6, 6.07) is 9.75. The van der Waals surface area contributed by atoms with E-state index in [0.29, 0.717) is 22.2 Å². The number of carboxylic acid groups (broad SMARTS) is 1. The molecule has 6 nitrogen and oxygen atoms in total. The van der Waals surface area contributed by atoms with E-state index in [2.05, 4.69) is 10.3 Å². The van der Waals surface area contributed by atoms with E-state index in [1.54, 1.807) is 19.2 Å². The Bertz CT molecular complexity index is 1130. The fourth-order valence-corrected chi connectivity index (χ4v) is 2.66. The molecule has 1 heterocycles. The number of hydrogen-bond acceptors (Lipinski definition) is 4. The molecule has 136 valence electrons. The summed E-state index contributed by atoms with van der Waals surface area (Å²) in [5, 5.41) is 12.1. The summed E-state index contributed by atoms with van der Waals surface area (Å²) in [5.41, 5.74) is 0.861. The first kappa shape index (κ1) is 18.1. The molecule has 2 aromatic carbocycles. The number of anilines is 1. The molecule has 3 aromatic rings. The Kier molecular flexibility index (Phi) is 4.85. The number of hydrogen-bond donors (Lipinski definition) is 3. The first-order valence-corrected chi connectivity index (χ1v) is 7.99. The van der Waals surface area contributed by atoms with Crippen molar-refractivity contribution < 1.29 is 19.1 Å². The van der Waals surface area contributed by atoms with Gasteiger partial charge in [-0.2, -0.15) is 0 Å². The average molecular weight is 366 g/mol. The van der Waals surface area contributed by atoms with Crippen LogP contribution in [-0.2, 0) is 0 Å². The lowest BCUT2D eigenvalue weighted by molar-refractivity contribution is 0.0696.